The molecule has 0 saturated heterocycles. The van der Waals surface area contributed by atoms with Crippen molar-refractivity contribution in [2.75, 3.05) is 18.9 Å². The van der Waals surface area contributed by atoms with E-state index in [1.54, 1.807) is 49.9 Å². The Bertz CT molecular complexity index is 958. The quantitative estimate of drug-likeness (QED) is 0.257. The number of benzene rings is 2. The van der Waals surface area contributed by atoms with Crippen LogP contribution in [0.4, 0.5) is 0 Å². The fraction of sp³-hybridized carbons (Fsp3) is 0.333. The molecule has 0 saturated carbocycles. The molecule has 32 heavy (non-hydrogen) atoms. The Hall–Kier alpha value is -3.13. The third-order valence-electron chi connectivity index (χ3n) is 4.98. The first-order chi connectivity index (χ1) is 15.4. The second-order valence-corrected chi connectivity index (χ2v) is 8.86. The number of carbonyl (C=O) groups excluding carboxylic acids is 4. The van der Waals surface area contributed by atoms with Crippen molar-refractivity contribution in [3.8, 4) is 0 Å². The zero-order valence-electron chi connectivity index (χ0n) is 18.1. The summed E-state index contributed by atoms with van der Waals surface area (Å²) in [5, 5.41) is 2.72. The van der Waals surface area contributed by atoms with Crippen molar-refractivity contribution >= 4 is 35.5 Å². The summed E-state index contributed by atoms with van der Waals surface area (Å²) in [5.74, 6) is -1.78. The minimum absolute atomic E-state index is 0.266. The van der Waals surface area contributed by atoms with E-state index in [1.165, 1.54) is 4.90 Å². The van der Waals surface area contributed by atoms with E-state index in [1.807, 2.05) is 30.3 Å². The molecule has 3 rings (SSSR count). The number of nitrogens with zero attached hydrogens (tertiary/aromatic N) is 1. The highest BCUT2D eigenvalue weighted by molar-refractivity contribution is 7.99. The van der Waals surface area contributed by atoms with E-state index >= 15 is 0 Å². The molecule has 1 atom stereocenters. The summed E-state index contributed by atoms with van der Waals surface area (Å²) < 4.78 is 5.16. The molecule has 0 spiro atoms. The summed E-state index contributed by atoms with van der Waals surface area (Å²) in [6.07, 6.45) is 0.767. The zero-order valence-corrected chi connectivity index (χ0v) is 18.9. The maximum absolute atomic E-state index is 12.7. The smallest absolute Gasteiger partial charge is 0.330 e. The summed E-state index contributed by atoms with van der Waals surface area (Å²) in [7, 11) is 0. The lowest BCUT2D eigenvalue weighted by Crippen LogP contribution is -2.49. The second-order valence-electron chi connectivity index (χ2n) is 7.69. The SMILES string of the molecule is CC(C)[C@@H](C(=O)OCC(=O)NCCCSc1ccccc1)N1C(=O)c2ccccc2C1=O. The van der Waals surface area contributed by atoms with Crippen molar-refractivity contribution in [2.24, 2.45) is 5.92 Å². The number of thioether (sulfide) groups is 1. The van der Waals surface area contributed by atoms with Crippen molar-refractivity contribution in [1.29, 1.82) is 0 Å². The van der Waals surface area contributed by atoms with Crippen LogP contribution < -0.4 is 5.32 Å². The number of fused-ring (bicyclic) bond motifs is 1. The standard InChI is InChI=1S/C24H26N2O5S/c1-16(2)21(26-22(28)18-11-6-7-12-19(18)23(26)29)24(30)31-15-20(27)25-13-8-14-32-17-9-4-3-5-10-17/h3-7,9-12,16,21H,8,13-15H2,1-2H3,(H,25,27)/t21-/m0/s1. The lowest BCUT2D eigenvalue weighted by Gasteiger charge is -2.27. The largest absolute Gasteiger partial charge is 0.454 e. The Balaban J connectivity index is 1.46. The van der Waals surface area contributed by atoms with Gasteiger partial charge in [-0.2, -0.15) is 0 Å². The van der Waals surface area contributed by atoms with E-state index in [0.717, 1.165) is 17.1 Å². The number of ether oxygens (including phenoxy) is 1. The average Bonchev–Trinajstić information content (AvgIpc) is 3.03. The molecular weight excluding hydrogens is 428 g/mol. The molecule has 2 aromatic rings. The predicted octanol–water partition coefficient (Wildman–Crippen LogP) is 3.15. The van der Waals surface area contributed by atoms with Gasteiger partial charge in [-0.25, -0.2) is 4.79 Å². The van der Waals surface area contributed by atoms with Gasteiger partial charge in [0.1, 0.15) is 6.04 Å². The molecular formula is C24H26N2O5S. The molecule has 1 N–H and O–H groups in total. The first-order valence-corrected chi connectivity index (χ1v) is 11.5. The highest BCUT2D eigenvalue weighted by Gasteiger charge is 2.44. The van der Waals surface area contributed by atoms with Gasteiger partial charge in [-0.1, -0.05) is 44.2 Å². The fourth-order valence-corrected chi connectivity index (χ4v) is 4.29. The highest BCUT2D eigenvalue weighted by Crippen LogP contribution is 2.27. The molecule has 0 fully saturated rings. The third-order valence-corrected chi connectivity index (χ3v) is 6.08. The Morgan fingerprint density at radius 3 is 2.16 bits per heavy atom. The lowest BCUT2D eigenvalue weighted by molar-refractivity contribution is -0.153. The monoisotopic (exact) mass is 454 g/mol. The summed E-state index contributed by atoms with van der Waals surface area (Å²) >= 11 is 1.70. The van der Waals surface area contributed by atoms with Gasteiger partial charge in [0.05, 0.1) is 11.1 Å². The van der Waals surface area contributed by atoms with E-state index in [0.29, 0.717) is 6.54 Å². The Morgan fingerprint density at radius 1 is 0.969 bits per heavy atom. The number of hydrogen-bond donors (Lipinski definition) is 1. The van der Waals surface area contributed by atoms with Crippen LogP contribution in [0, 0.1) is 5.92 Å². The minimum Gasteiger partial charge on any atom is -0.454 e. The molecule has 0 radical (unpaired) electrons. The van der Waals surface area contributed by atoms with E-state index < -0.39 is 36.3 Å². The van der Waals surface area contributed by atoms with Gasteiger partial charge in [0.2, 0.25) is 0 Å². The number of hydrogen-bond acceptors (Lipinski definition) is 6. The summed E-state index contributed by atoms with van der Waals surface area (Å²) in [6.45, 7) is 3.44. The third kappa shape index (κ3) is 5.56. The summed E-state index contributed by atoms with van der Waals surface area (Å²) in [4.78, 5) is 52.3. The molecule has 3 amide bonds. The fourth-order valence-electron chi connectivity index (χ4n) is 3.42. The van der Waals surface area contributed by atoms with Gasteiger partial charge in [-0.15, -0.1) is 11.8 Å². The van der Waals surface area contributed by atoms with Crippen LogP contribution in [0.1, 0.15) is 41.0 Å². The van der Waals surface area contributed by atoms with E-state index in [9.17, 15) is 19.2 Å². The van der Waals surface area contributed by atoms with Gasteiger partial charge in [0, 0.05) is 11.4 Å². The number of imide groups is 1. The van der Waals surface area contributed by atoms with Gasteiger partial charge in [0.15, 0.2) is 6.61 Å². The topological polar surface area (TPSA) is 92.8 Å². The molecule has 0 aromatic heterocycles. The van der Waals surface area contributed by atoms with E-state index in [-0.39, 0.29) is 17.0 Å². The maximum atomic E-state index is 12.7. The first kappa shape index (κ1) is 23.5. The molecule has 0 bridgehead atoms. The molecule has 1 heterocycles. The van der Waals surface area contributed by atoms with Gasteiger partial charge in [-0.05, 0) is 42.4 Å². The van der Waals surface area contributed by atoms with Gasteiger partial charge in [0.25, 0.3) is 17.7 Å². The van der Waals surface area contributed by atoms with Crippen LogP contribution in [0.2, 0.25) is 0 Å². The van der Waals surface area contributed by atoms with E-state index in [2.05, 4.69) is 5.32 Å². The summed E-state index contributed by atoms with van der Waals surface area (Å²) in [6, 6.07) is 15.3. The number of esters is 1. The minimum atomic E-state index is -1.10. The van der Waals surface area contributed by atoms with Gasteiger partial charge in [-0.3, -0.25) is 19.3 Å². The molecule has 2 aromatic carbocycles. The van der Waals surface area contributed by atoms with Crippen LogP contribution in [0.3, 0.4) is 0 Å². The number of amides is 3. The van der Waals surface area contributed by atoms with Crippen LogP contribution in [0.25, 0.3) is 0 Å². The van der Waals surface area contributed by atoms with Gasteiger partial charge < -0.3 is 10.1 Å². The second kappa shape index (κ2) is 10.9. The van der Waals surface area contributed by atoms with E-state index in [4.69, 9.17) is 4.74 Å². The Morgan fingerprint density at radius 2 is 1.56 bits per heavy atom. The number of nitrogens with one attached hydrogen (secondary N) is 1. The molecule has 7 nitrogen and oxygen atoms in total. The predicted molar refractivity (Wildman–Crippen MR) is 121 cm³/mol. The average molecular weight is 455 g/mol. The van der Waals surface area contributed by atoms with Crippen molar-refractivity contribution in [2.45, 2.75) is 31.2 Å². The molecule has 0 aliphatic carbocycles. The van der Waals surface area contributed by atoms with Crippen molar-refractivity contribution in [3.05, 3.63) is 65.7 Å². The van der Waals surface area contributed by atoms with Crippen LogP contribution in [0.15, 0.2) is 59.5 Å². The number of rotatable bonds is 10. The van der Waals surface area contributed by atoms with Crippen LogP contribution in [0.5, 0.6) is 0 Å². The normalized spacial score (nSPS) is 13.8. The highest BCUT2D eigenvalue weighted by atomic mass is 32.2. The van der Waals surface area contributed by atoms with Crippen molar-refractivity contribution < 1.29 is 23.9 Å². The Labute approximate surface area is 191 Å². The first-order valence-electron chi connectivity index (χ1n) is 10.5. The van der Waals surface area contributed by atoms with Gasteiger partial charge >= 0.3 is 5.97 Å². The molecule has 0 unspecified atom stereocenters. The molecule has 1 aliphatic heterocycles. The molecule has 1 aliphatic rings. The molecule has 168 valence electrons. The van der Waals surface area contributed by atoms with Crippen LogP contribution in [-0.4, -0.2) is 53.5 Å². The maximum Gasteiger partial charge on any atom is 0.330 e. The van der Waals surface area contributed by atoms with Crippen molar-refractivity contribution in [1.82, 2.24) is 10.2 Å². The Kier molecular flexibility index (Phi) is 8.05. The molecule has 8 heteroatoms. The summed E-state index contributed by atoms with van der Waals surface area (Å²) in [5.41, 5.74) is 0.532. The zero-order chi connectivity index (χ0) is 23.1. The lowest BCUT2D eigenvalue weighted by atomic mass is 10.0. The van der Waals surface area contributed by atoms with Crippen LogP contribution in [-0.2, 0) is 14.3 Å². The number of carbonyl (C=O) groups is 4. The van der Waals surface area contributed by atoms with Crippen molar-refractivity contribution in [3.63, 3.8) is 0 Å². The van der Waals surface area contributed by atoms with Crippen LogP contribution >= 0.6 is 11.8 Å².